The number of nitrogens with one attached hydrogen (secondary N) is 1. The van der Waals surface area contributed by atoms with Crippen LogP contribution in [0.3, 0.4) is 0 Å². The minimum absolute atomic E-state index is 0.135. The van der Waals surface area contributed by atoms with Crippen LogP contribution in [-0.2, 0) is 14.8 Å². The zero-order valence-electron chi connectivity index (χ0n) is 17.3. The number of hydrogen-bond acceptors (Lipinski definition) is 5. The summed E-state index contributed by atoms with van der Waals surface area (Å²) in [5, 5.41) is 2.88. The standard InChI is InChI=1S/C22H28N2O4S2/c1-17-15-24(16-18(2)28-17)30(26,27)21-11-6-8-19(14-21)22(25)23-12-7-13-29-20-9-4-3-5-10-20/h3-6,8-11,14,17-18H,7,12-13,15-16H2,1-2H3,(H,23,25)/t17-,18-/m1/s1. The molecule has 8 heteroatoms. The van der Waals surface area contributed by atoms with Crippen molar-refractivity contribution in [2.24, 2.45) is 0 Å². The van der Waals surface area contributed by atoms with E-state index in [9.17, 15) is 13.2 Å². The van der Waals surface area contributed by atoms with Crippen LogP contribution in [0.25, 0.3) is 0 Å². The van der Waals surface area contributed by atoms with E-state index in [0.29, 0.717) is 25.2 Å². The van der Waals surface area contributed by atoms with Gasteiger partial charge < -0.3 is 10.1 Å². The molecular formula is C22H28N2O4S2. The quantitative estimate of drug-likeness (QED) is 0.495. The van der Waals surface area contributed by atoms with Crippen LogP contribution < -0.4 is 5.32 Å². The van der Waals surface area contributed by atoms with Crippen LogP contribution in [0.5, 0.6) is 0 Å². The van der Waals surface area contributed by atoms with Crippen LogP contribution in [0.4, 0.5) is 0 Å². The van der Waals surface area contributed by atoms with Crippen molar-refractivity contribution in [3.05, 3.63) is 60.2 Å². The maximum Gasteiger partial charge on any atom is 0.251 e. The molecule has 0 spiro atoms. The van der Waals surface area contributed by atoms with Gasteiger partial charge in [0.05, 0.1) is 17.1 Å². The molecular weight excluding hydrogens is 420 g/mol. The van der Waals surface area contributed by atoms with Crippen LogP contribution >= 0.6 is 11.8 Å². The largest absolute Gasteiger partial charge is 0.373 e. The van der Waals surface area contributed by atoms with Crippen molar-refractivity contribution in [2.45, 2.75) is 42.3 Å². The first-order valence-electron chi connectivity index (χ1n) is 10.1. The molecule has 2 atom stereocenters. The molecule has 0 aromatic heterocycles. The highest BCUT2D eigenvalue weighted by Crippen LogP contribution is 2.22. The Labute approximate surface area is 183 Å². The van der Waals surface area contributed by atoms with Gasteiger partial charge in [0.2, 0.25) is 10.0 Å². The summed E-state index contributed by atoms with van der Waals surface area (Å²) in [5.74, 6) is 0.632. The molecule has 0 radical (unpaired) electrons. The van der Waals surface area contributed by atoms with E-state index in [1.54, 1.807) is 23.9 Å². The molecule has 1 saturated heterocycles. The first-order chi connectivity index (χ1) is 14.4. The predicted octanol–water partition coefficient (Wildman–Crippen LogP) is 3.40. The average Bonchev–Trinajstić information content (AvgIpc) is 2.73. The van der Waals surface area contributed by atoms with Gasteiger partial charge in [-0.3, -0.25) is 4.79 Å². The highest BCUT2D eigenvalue weighted by molar-refractivity contribution is 7.99. The second-order valence-electron chi connectivity index (χ2n) is 7.38. The van der Waals surface area contributed by atoms with Crippen molar-refractivity contribution in [2.75, 3.05) is 25.4 Å². The minimum Gasteiger partial charge on any atom is -0.373 e. The second kappa shape index (κ2) is 10.4. The van der Waals surface area contributed by atoms with E-state index in [1.165, 1.54) is 21.3 Å². The van der Waals surface area contributed by atoms with E-state index in [4.69, 9.17) is 4.74 Å². The van der Waals surface area contributed by atoms with Gasteiger partial charge >= 0.3 is 0 Å². The Morgan fingerprint density at radius 1 is 1.10 bits per heavy atom. The first kappa shape index (κ1) is 22.8. The van der Waals surface area contributed by atoms with Crippen molar-refractivity contribution in [3.63, 3.8) is 0 Å². The van der Waals surface area contributed by atoms with Crippen LogP contribution in [0, 0.1) is 0 Å². The summed E-state index contributed by atoms with van der Waals surface area (Å²) in [6, 6.07) is 16.3. The molecule has 1 amide bonds. The fourth-order valence-corrected chi connectivity index (χ4v) is 5.87. The van der Waals surface area contributed by atoms with Crippen molar-refractivity contribution in [3.8, 4) is 0 Å². The molecule has 2 aromatic carbocycles. The summed E-state index contributed by atoms with van der Waals surface area (Å²) in [7, 11) is -3.67. The SMILES string of the molecule is C[C@@H]1CN(S(=O)(=O)c2cccc(C(=O)NCCCSc3ccccc3)c2)C[C@@H](C)O1. The van der Waals surface area contributed by atoms with Crippen molar-refractivity contribution < 1.29 is 17.9 Å². The lowest BCUT2D eigenvalue weighted by molar-refractivity contribution is -0.0440. The van der Waals surface area contributed by atoms with Gasteiger partial charge in [0.25, 0.3) is 5.91 Å². The maximum absolute atomic E-state index is 13.0. The lowest BCUT2D eigenvalue weighted by Crippen LogP contribution is -2.48. The summed E-state index contributed by atoms with van der Waals surface area (Å²) in [4.78, 5) is 13.8. The third kappa shape index (κ3) is 6.07. The molecule has 0 unspecified atom stereocenters. The molecule has 30 heavy (non-hydrogen) atoms. The average molecular weight is 449 g/mol. The summed E-state index contributed by atoms with van der Waals surface area (Å²) in [6.45, 7) is 4.87. The lowest BCUT2D eigenvalue weighted by Gasteiger charge is -2.34. The van der Waals surface area contributed by atoms with Crippen LogP contribution in [0.15, 0.2) is 64.4 Å². The Bertz CT molecular complexity index is 941. The van der Waals surface area contributed by atoms with Gasteiger partial charge in [-0.1, -0.05) is 24.3 Å². The highest BCUT2D eigenvalue weighted by atomic mass is 32.2. The van der Waals surface area contributed by atoms with Gasteiger partial charge in [-0.25, -0.2) is 8.42 Å². The van der Waals surface area contributed by atoms with Crippen molar-refractivity contribution >= 4 is 27.7 Å². The molecule has 2 aromatic rings. The third-order valence-electron chi connectivity index (χ3n) is 4.74. The molecule has 0 bridgehead atoms. The van der Waals surface area contributed by atoms with Gasteiger partial charge in [0.15, 0.2) is 0 Å². The Morgan fingerprint density at radius 2 is 1.80 bits per heavy atom. The van der Waals surface area contributed by atoms with Crippen LogP contribution in [-0.4, -0.2) is 56.2 Å². The molecule has 1 aliphatic rings. The molecule has 0 saturated carbocycles. The second-order valence-corrected chi connectivity index (χ2v) is 10.5. The normalized spacial score (nSPS) is 20.1. The zero-order chi connectivity index (χ0) is 21.6. The molecule has 1 aliphatic heterocycles. The number of thioether (sulfide) groups is 1. The molecule has 1 N–H and O–H groups in total. The number of sulfonamides is 1. The number of hydrogen-bond donors (Lipinski definition) is 1. The predicted molar refractivity (Wildman–Crippen MR) is 119 cm³/mol. The molecule has 162 valence electrons. The van der Waals surface area contributed by atoms with Gasteiger partial charge in [0, 0.05) is 30.1 Å². The van der Waals surface area contributed by atoms with Gasteiger partial charge in [-0.05, 0) is 56.4 Å². The van der Waals surface area contributed by atoms with E-state index in [2.05, 4.69) is 17.4 Å². The van der Waals surface area contributed by atoms with Crippen molar-refractivity contribution in [1.82, 2.24) is 9.62 Å². The number of ether oxygens (including phenoxy) is 1. The number of amides is 1. The van der Waals surface area contributed by atoms with Gasteiger partial charge in [0.1, 0.15) is 0 Å². The van der Waals surface area contributed by atoms with E-state index < -0.39 is 10.0 Å². The number of carbonyl (C=O) groups is 1. The lowest BCUT2D eigenvalue weighted by atomic mass is 10.2. The van der Waals surface area contributed by atoms with E-state index in [1.807, 2.05) is 32.0 Å². The summed E-state index contributed by atoms with van der Waals surface area (Å²) in [6.07, 6.45) is 0.500. The Hall–Kier alpha value is -1.87. The monoisotopic (exact) mass is 448 g/mol. The number of rotatable bonds is 8. The van der Waals surface area contributed by atoms with E-state index in [0.717, 1.165) is 12.2 Å². The van der Waals surface area contributed by atoms with Crippen LogP contribution in [0.1, 0.15) is 30.6 Å². The fraction of sp³-hybridized carbons (Fsp3) is 0.409. The smallest absolute Gasteiger partial charge is 0.251 e. The van der Waals surface area contributed by atoms with Crippen molar-refractivity contribution in [1.29, 1.82) is 0 Å². The molecule has 3 rings (SSSR count). The Balaban J connectivity index is 1.55. The number of carbonyl (C=O) groups excluding carboxylic acids is 1. The number of nitrogens with zero attached hydrogens (tertiary/aromatic N) is 1. The summed E-state index contributed by atoms with van der Waals surface area (Å²) >= 11 is 1.74. The number of benzene rings is 2. The third-order valence-corrected chi connectivity index (χ3v) is 7.66. The topological polar surface area (TPSA) is 75.7 Å². The minimum atomic E-state index is -3.67. The molecule has 1 fully saturated rings. The first-order valence-corrected chi connectivity index (χ1v) is 12.5. The number of morpholine rings is 1. The summed E-state index contributed by atoms with van der Waals surface area (Å²) < 4.78 is 33.1. The molecule has 6 nitrogen and oxygen atoms in total. The zero-order valence-corrected chi connectivity index (χ0v) is 18.9. The van der Waals surface area contributed by atoms with Gasteiger partial charge in [-0.15, -0.1) is 11.8 Å². The van der Waals surface area contributed by atoms with Crippen LogP contribution in [0.2, 0.25) is 0 Å². The van der Waals surface area contributed by atoms with E-state index >= 15 is 0 Å². The fourth-order valence-electron chi connectivity index (χ4n) is 3.36. The Kier molecular flexibility index (Phi) is 7.93. The summed E-state index contributed by atoms with van der Waals surface area (Å²) in [5.41, 5.74) is 0.348. The highest BCUT2D eigenvalue weighted by Gasteiger charge is 2.32. The van der Waals surface area contributed by atoms with E-state index in [-0.39, 0.29) is 23.0 Å². The van der Waals surface area contributed by atoms with Gasteiger partial charge in [-0.2, -0.15) is 4.31 Å². The molecule has 1 heterocycles. The maximum atomic E-state index is 13.0. The molecule has 0 aliphatic carbocycles. The Morgan fingerprint density at radius 3 is 2.50 bits per heavy atom.